The second-order valence-corrected chi connectivity index (χ2v) is 6.22. The van der Waals surface area contributed by atoms with E-state index >= 15 is 0 Å². The number of nitrogens with two attached hydrogens (primary N) is 1. The molecule has 0 atom stereocenters. The van der Waals surface area contributed by atoms with Crippen molar-refractivity contribution in [3.63, 3.8) is 0 Å². The third-order valence-electron chi connectivity index (χ3n) is 3.51. The fraction of sp³-hybridized carbons (Fsp3) is 0.562. The van der Waals surface area contributed by atoms with Gasteiger partial charge in [-0.15, -0.1) is 0 Å². The number of rotatable bonds is 8. The van der Waals surface area contributed by atoms with Crippen molar-refractivity contribution in [2.24, 2.45) is 10.7 Å². The quantitative estimate of drug-likeness (QED) is 0.403. The smallest absolute Gasteiger partial charge is 0.188 e. The van der Waals surface area contributed by atoms with E-state index in [2.05, 4.69) is 31.1 Å². The van der Waals surface area contributed by atoms with E-state index in [-0.39, 0.29) is 0 Å². The maximum Gasteiger partial charge on any atom is 0.188 e. The largest absolute Gasteiger partial charge is 0.492 e. The van der Waals surface area contributed by atoms with Crippen LogP contribution in [0.15, 0.2) is 33.7 Å². The molecule has 1 aliphatic heterocycles. The zero-order chi connectivity index (χ0) is 16.3. The van der Waals surface area contributed by atoms with Gasteiger partial charge in [-0.1, -0.05) is 15.9 Å². The van der Waals surface area contributed by atoms with E-state index < -0.39 is 0 Å². The van der Waals surface area contributed by atoms with Gasteiger partial charge >= 0.3 is 0 Å². The van der Waals surface area contributed by atoms with Gasteiger partial charge in [-0.25, -0.2) is 0 Å². The minimum atomic E-state index is 0.478. The number of guanidine groups is 1. The van der Waals surface area contributed by atoms with Crippen LogP contribution in [0.5, 0.6) is 5.75 Å². The van der Waals surface area contributed by atoms with E-state index in [1.54, 1.807) is 0 Å². The lowest BCUT2D eigenvalue weighted by Crippen LogP contribution is -2.37. The summed E-state index contributed by atoms with van der Waals surface area (Å²) in [4.78, 5) is 6.73. The molecule has 1 heterocycles. The Morgan fingerprint density at radius 3 is 2.78 bits per heavy atom. The molecule has 6 nitrogen and oxygen atoms in total. The summed E-state index contributed by atoms with van der Waals surface area (Å²) >= 11 is 3.39. The summed E-state index contributed by atoms with van der Waals surface area (Å²) in [5, 5.41) is 3.06. The van der Waals surface area contributed by atoms with Crippen LogP contribution in [0, 0.1) is 0 Å². The Labute approximate surface area is 146 Å². The molecule has 7 heteroatoms. The standard InChI is InChI=1S/C16H25BrN4O2/c17-14-2-4-15(5-3-14)23-11-7-20-16(18)19-6-1-8-21-9-12-22-13-10-21/h2-5H,1,6-13H2,(H3,18,19,20). The fourth-order valence-electron chi connectivity index (χ4n) is 2.25. The van der Waals surface area contributed by atoms with E-state index in [9.17, 15) is 0 Å². The van der Waals surface area contributed by atoms with E-state index in [0.717, 1.165) is 56.0 Å². The first-order chi connectivity index (χ1) is 11.2. The van der Waals surface area contributed by atoms with Crippen LogP contribution in [-0.2, 0) is 4.74 Å². The number of nitrogens with zero attached hydrogens (tertiary/aromatic N) is 2. The molecule has 0 aromatic heterocycles. The van der Waals surface area contributed by atoms with Crippen molar-refractivity contribution in [2.45, 2.75) is 6.42 Å². The second kappa shape index (κ2) is 10.5. The molecule has 0 radical (unpaired) electrons. The monoisotopic (exact) mass is 384 g/mol. The van der Waals surface area contributed by atoms with Crippen LogP contribution >= 0.6 is 15.9 Å². The predicted octanol–water partition coefficient (Wildman–Crippen LogP) is 1.45. The minimum Gasteiger partial charge on any atom is -0.492 e. The highest BCUT2D eigenvalue weighted by molar-refractivity contribution is 9.10. The maximum absolute atomic E-state index is 5.84. The van der Waals surface area contributed by atoms with E-state index in [1.165, 1.54) is 0 Å². The number of benzene rings is 1. The van der Waals surface area contributed by atoms with Gasteiger partial charge in [-0.05, 0) is 30.7 Å². The predicted molar refractivity (Wildman–Crippen MR) is 96.0 cm³/mol. The fourth-order valence-corrected chi connectivity index (χ4v) is 2.52. The highest BCUT2D eigenvalue weighted by Crippen LogP contribution is 2.15. The highest BCUT2D eigenvalue weighted by Gasteiger charge is 2.08. The highest BCUT2D eigenvalue weighted by atomic mass is 79.9. The van der Waals surface area contributed by atoms with Gasteiger partial charge in [-0.2, -0.15) is 0 Å². The molecule has 1 aromatic carbocycles. The van der Waals surface area contributed by atoms with Crippen LogP contribution in [0.4, 0.5) is 0 Å². The zero-order valence-electron chi connectivity index (χ0n) is 13.3. The molecule has 0 spiro atoms. The third-order valence-corrected chi connectivity index (χ3v) is 4.04. The van der Waals surface area contributed by atoms with Gasteiger partial charge < -0.3 is 20.5 Å². The third kappa shape index (κ3) is 7.67. The molecule has 2 rings (SSSR count). The Kier molecular flexibility index (Phi) is 8.20. The van der Waals surface area contributed by atoms with E-state index in [4.69, 9.17) is 15.2 Å². The summed E-state index contributed by atoms with van der Waals surface area (Å²) in [5.41, 5.74) is 5.84. The summed E-state index contributed by atoms with van der Waals surface area (Å²) in [6, 6.07) is 7.75. The summed E-state index contributed by atoms with van der Waals surface area (Å²) in [6.45, 7) is 6.68. The van der Waals surface area contributed by atoms with E-state index in [0.29, 0.717) is 19.1 Å². The lowest BCUT2D eigenvalue weighted by molar-refractivity contribution is 0.0377. The van der Waals surface area contributed by atoms with Gasteiger partial charge in [0.2, 0.25) is 0 Å². The first-order valence-electron chi connectivity index (χ1n) is 7.96. The average molecular weight is 385 g/mol. The van der Waals surface area contributed by atoms with Crippen molar-refractivity contribution in [3.8, 4) is 5.75 Å². The number of hydrogen-bond acceptors (Lipinski definition) is 4. The van der Waals surface area contributed by atoms with Gasteiger partial charge in [0.15, 0.2) is 5.96 Å². The first kappa shape index (κ1) is 18.0. The molecular formula is C16H25BrN4O2. The zero-order valence-corrected chi connectivity index (χ0v) is 14.9. The average Bonchev–Trinajstić information content (AvgIpc) is 2.58. The molecule has 23 heavy (non-hydrogen) atoms. The summed E-state index contributed by atoms with van der Waals surface area (Å²) in [6.07, 6.45) is 1.01. The molecule has 0 bridgehead atoms. The molecule has 0 saturated carbocycles. The Hall–Kier alpha value is -1.31. The van der Waals surface area contributed by atoms with Gasteiger partial charge in [0.25, 0.3) is 0 Å². The van der Waals surface area contributed by atoms with Crippen LogP contribution in [0.25, 0.3) is 0 Å². The van der Waals surface area contributed by atoms with Crippen molar-refractivity contribution < 1.29 is 9.47 Å². The molecule has 128 valence electrons. The number of hydrogen-bond donors (Lipinski definition) is 2. The Balaban J connectivity index is 1.51. The Bertz CT molecular complexity index is 475. The minimum absolute atomic E-state index is 0.478. The SMILES string of the molecule is NC(=NCCCN1CCOCC1)NCCOc1ccc(Br)cc1. The van der Waals surface area contributed by atoms with Crippen molar-refractivity contribution in [1.82, 2.24) is 10.2 Å². The topological polar surface area (TPSA) is 72.1 Å². The Morgan fingerprint density at radius 2 is 2.04 bits per heavy atom. The van der Waals surface area contributed by atoms with Crippen LogP contribution in [0.1, 0.15) is 6.42 Å². The molecule has 0 unspecified atom stereocenters. The normalized spacial score (nSPS) is 16.3. The number of ether oxygens (including phenoxy) is 2. The first-order valence-corrected chi connectivity index (χ1v) is 8.75. The van der Waals surface area contributed by atoms with Crippen molar-refractivity contribution in [3.05, 3.63) is 28.7 Å². The molecular weight excluding hydrogens is 360 g/mol. The van der Waals surface area contributed by atoms with Crippen LogP contribution < -0.4 is 15.8 Å². The lowest BCUT2D eigenvalue weighted by Gasteiger charge is -2.26. The molecule has 0 amide bonds. The second-order valence-electron chi connectivity index (χ2n) is 5.30. The van der Waals surface area contributed by atoms with Crippen LogP contribution in [-0.4, -0.2) is 63.4 Å². The van der Waals surface area contributed by atoms with E-state index in [1.807, 2.05) is 24.3 Å². The number of nitrogens with one attached hydrogen (secondary N) is 1. The molecule has 1 aromatic rings. The van der Waals surface area contributed by atoms with Gasteiger partial charge in [0.05, 0.1) is 19.8 Å². The van der Waals surface area contributed by atoms with Crippen LogP contribution in [0.3, 0.4) is 0 Å². The molecule has 1 saturated heterocycles. The van der Waals surface area contributed by atoms with Gasteiger partial charge in [0, 0.05) is 30.7 Å². The summed E-state index contributed by atoms with van der Waals surface area (Å²) in [5.74, 6) is 1.32. The number of morpholine rings is 1. The van der Waals surface area contributed by atoms with Crippen molar-refractivity contribution in [2.75, 3.05) is 52.5 Å². The van der Waals surface area contributed by atoms with Crippen molar-refractivity contribution >= 4 is 21.9 Å². The van der Waals surface area contributed by atoms with Gasteiger partial charge in [-0.3, -0.25) is 9.89 Å². The maximum atomic E-state index is 5.84. The van der Waals surface area contributed by atoms with Crippen LogP contribution in [0.2, 0.25) is 0 Å². The molecule has 3 N–H and O–H groups in total. The Morgan fingerprint density at radius 1 is 1.30 bits per heavy atom. The molecule has 1 fully saturated rings. The molecule has 1 aliphatic rings. The molecule has 0 aliphatic carbocycles. The van der Waals surface area contributed by atoms with Gasteiger partial charge in [0.1, 0.15) is 12.4 Å². The van der Waals surface area contributed by atoms with Crippen molar-refractivity contribution in [1.29, 1.82) is 0 Å². The number of aliphatic imine (C=N–C) groups is 1. The lowest BCUT2D eigenvalue weighted by atomic mass is 10.3. The summed E-state index contributed by atoms with van der Waals surface area (Å²) < 4.78 is 12.0. The summed E-state index contributed by atoms with van der Waals surface area (Å²) in [7, 11) is 0. The number of halogens is 1.